The summed E-state index contributed by atoms with van der Waals surface area (Å²) < 4.78 is 31.2. The number of benzene rings is 2. The molecule has 2 rings (SSSR count). The average Bonchev–Trinajstić information content (AvgIpc) is 2.60. The van der Waals surface area contributed by atoms with Crippen LogP contribution >= 0.6 is 0 Å². The number of aryl methyl sites for hydroxylation is 1. The van der Waals surface area contributed by atoms with E-state index in [2.05, 4.69) is 10.0 Å². The lowest BCUT2D eigenvalue weighted by molar-refractivity contribution is 0.0947. The molecule has 0 unspecified atom stereocenters. The zero-order valence-electron chi connectivity index (χ0n) is 13.6. The molecule has 6 nitrogen and oxygen atoms in total. The summed E-state index contributed by atoms with van der Waals surface area (Å²) in [7, 11) is -2.25. The summed E-state index contributed by atoms with van der Waals surface area (Å²) >= 11 is 0. The maximum absolute atomic E-state index is 12.1. The van der Waals surface area contributed by atoms with Crippen LogP contribution in [0.25, 0.3) is 0 Å². The van der Waals surface area contributed by atoms with E-state index in [9.17, 15) is 13.2 Å². The second-order valence-corrected chi connectivity index (χ2v) is 7.04. The van der Waals surface area contributed by atoms with Gasteiger partial charge in [0.25, 0.3) is 5.91 Å². The van der Waals surface area contributed by atoms with Gasteiger partial charge in [0, 0.05) is 5.56 Å². The number of amides is 1. The first-order chi connectivity index (χ1) is 11.4. The molecule has 0 aliphatic heterocycles. The Morgan fingerprint density at radius 3 is 2.50 bits per heavy atom. The molecule has 2 N–H and O–H groups in total. The lowest BCUT2D eigenvalue weighted by atomic mass is 10.2. The minimum atomic E-state index is -3.57. The molecule has 2 aromatic carbocycles. The molecule has 0 radical (unpaired) electrons. The van der Waals surface area contributed by atoms with Crippen LogP contribution in [-0.2, 0) is 10.0 Å². The largest absolute Gasteiger partial charge is 0.492 e. The van der Waals surface area contributed by atoms with E-state index >= 15 is 0 Å². The van der Waals surface area contributed by atoms with Crippen molar-refractivity contribution in [2.24, 2.45) is 0 Å². The molecule has 0 heterocycles. The second kappa shape index (κ2) is 7.94. The smallest absolute Gasteiger partial charge is 0.251 e. The van der Waals surface area contributed by atoms with Crippen molar-refractivity contribution in [1.82, 2.24) is 10.0 Å². The van der Waals surface area contributed by atoms with Gasteiger partial charge >= 0.3 is 0 Å². The molecule has 0 atom stereocenters. The van der Waals surface area contributed by atoms with Crippen LogP contribution in [0.5, 0.6) is 5.75 Å². The fourth-order valence-corrected chi connectivity index (χ4v) is 2.77. The molecule has 2 aromatic rings. The van der Waals surface area contributed by atoms with Crippen molar-refractivity contribution in [2.45, 2.75) is 11.8 Å². The number of ether oxygens (including phenoxy) is 1. The highest BCUT2D eigenvalue weighted by atomic mass is 32.2. The van der Waals surface area contributed by atoms with E-state index in [4.69, 9.17) is 4.74 Å². The predicted molar refractivity (Wildman–Crippen MR) is 91.7 cm³/mol. The highest BCUT2D eigenvalue weighted by Gasteiger charge is 2.14. The third kappa shape index (κ3) is 4.81. The van der Waals surface area contributed by atoms with Crippen molar-refractivity contribution in [3.8, 4) is 5.75 Å². The first kappa shape index (κ1) is 18.0. The van der Waals surface area contributed by atoms with Gasteiger partial charge in [-0.25, -0.2) is 13.1 Å². The molecular formula is C17H20N2O4S. The van der Waals surface area contributed by atoms with Gasteiger partial charge in [0.15, 0.2) is 0 Å². The number of carbonyl (C=O) groups excluding carboxylic acids is 1. The number of rotatable bonds is 7. The van der Waals surface area contributed by atoms with E-state index in [-0.39, 0.29) is 16.4 Å². The summed E-state index contributed by atoms with van der Waals surface area (Å²) in [6, 6.07) is 13.5. The first-order valence-electron chi connectivity index (χ1n) is 7.43. The van der Waals surface area contributed by atoms with Gasteiger partial charge in [-0.2, -0.15) is 0 Å². The van der Waals surface area contributed by atoms with Gasteiger partial charge in [-0.1, -0.05) is 23.8 Å². The summed E-state index contributed by atoms with van der Waals surface area (Å²) in [5.74, 6) is 0.382. The third-order valence-corrected chi connectivity index (χ3v) is 4.76. The SMILES string of the molecule is CNS(=O)(=O)c1cccc(C(=O)NCCOc2ccc(C)cc2)c1. The molecule has 24 heavy (non-hydrogen) atoms. The van der Waals surface area contributed by atoms with Gasteiger partial charge in [-0.3, -0.25) is 4.79 Å². The summed E-state index contributed by atoms with van der Waals surface area (Å²) in [6.07, 6.45) is 0. The van der Waals surface area contributed by atoms with Crippen molar-refractivity contribution < 1.29 is 17.9 Å². The average molecular weight is 348 g/mol. The molecule has 0 spiro atoms. The van der Waals surface area contributed by atoms with E-state index in [1.807, 2.05) is 31.2 Å². The lowest BCUT2D eigenvalue weighted by Gasteiger charge is -2.09. The first-order valence-corrected chi connectivity index (χ1v) is 8.92. The molecule has 7 heteroatoms. The zero-order valence-corrected chi connectivity index (χ0v) is 14.4. The third-order valence-electron chi connectivity index (χ3n) is 3.35. The Bertz CT molecular complexity index is 802. The fraction of sp³-hybridized carbons (Fsp3) is 0.235. The topological polar surface area (TPSA) is 84.5 Å². The number of nitrogens with one attached hydrogen (secondary N) is 2. The van der Waals surface area contributed by atoms with Gasteiger partial charge < -0.3 is 10.1 Å². The lowest BCUT2D eigenvalue weighted by Crippen LogP contribution is -2.28. The Balaban J connectivity index is 1.89. The highest BCUT2D eigenvalue weighted by Crippen LogP contribution is 2.12. The van der Waals surface area contributed by atoms with Gasteiger partial charge in [0.05, 0.1) is 11.4 Å². The van der Waals surface area contributed by atoms with Crippen LogP contribution in [-0.4, -0.2) is 34.5 Å². The van der Waals surface area contributed by atoms with Crippen LogP contribution in [0.4, 0.5) is 0 Å². The number of sulfonamides is 1. The molecule has 0 saturated carbocycles. The molecule has 0 saturated heterocycles. The van der Waals surface area contributed by atoms with Crippen LogP contribution in [0.15, 0.2) is 53.4 Å². The number of hydrogen-bond donors (Lipinski definition) is 2. The summed E-state index contributed by atoms with van der Waals surface area (Å²) in [6.45, 7) is 2.63. The van der Waals surface area contributed by atoms with Gasteiger partial charge in [-0.05, 0) is 44.3 Å². The van der Waals surface area contributed by atoms with Crippen LogP contribution in [0.1, 0.15) is 15.9 Å². The standard InChI is InChI=1S/C17H20N2O4S/c1-13-6-8-15(9-7-13)23-11-10-19-17(20)14-4-3-5-16(12-14)24(21,22)18-2/h3-9,12,18H,10-11H2,1-2H3,(H,19,20). The summed E-state index contributed by atoms with van der Waals surface area (Å²) in [5.41, 5.74) is 1.42. The van der Waals surface area contributed by atoms with E-state index in [1.165, 1.54) is 25.2 Å². The molecule has 0 fully saturated rings. The highest BCUT2D eigenvalue weighted by molar-refractivity contribution is 7.89. The van der Waals surface area contributed by atoms with Crippen LogP contribution in [0.3, 0.4) is 0 Å². The molecule has 0 aromatic heterocycles. The van der Waals surface area contributed by atoms with E-state index in [0.29, 0.717) is 13.2 Å². The van der Waals surface area contributed by atoms with Crippen LogP contribution in [0, 0.1) is 6.92 Å². The van der Waals surface area contributed by atoms with E-state index in [1.54, 1.807) is 6.07 Å². The minimum Gasteiger partial charge on any atom is -0.492 e. The molecule has 0 bridgehead atoms. The summed E-state index contributed by atoms with van der Waals surface area (Å²) in [5, 5.41) is 2.70. The Hall–Kier alpha value is -2.38. The van der Waals surface area contributed by atoms with Gasteiger partial charge in [0.1, 0.15) is 12.4 Å². The van der Waals surface area contributed by atoms with Crippen molar-refractivity contribution in [3.63, 3.8) is 0 Å². The van der Waals surface area contributed by atoms with E-state index in [0.717, 1.165) is 11.3 Å². The molecule has 0 aliphatic carbocycles. The monoisotopic (exact) mass is 348 g/mol. The number of hydrogen-bond acceptors (Lipinski definition) is 4. The van der Waals surface area contributed by atoms with Crippen molar-refractivity contribution in [3.05, 3.63) is 59.7 Å². The fourth-order valence-electron chi connectivity index (χ4n) is 1.99. The Kier molecular flexibility index (Phi) is 5.94. The van der Waals surface area contributed by atoms with Crippen LogP contribution in [0.2, 0.25) is 0 Å². The van der Waals surface area contributed by atoms with Gasteiger partial charge in [-0.15, -0.1) is 0 Å². The second-order valence-electron chi connectivity index (χ2n) is 5.15. The summed E-state index contributed by atoms with van der Waals surface area (Å²) in [4.78, 5) is 12.1. The van der Waals surface area contributed by atoms with Crippen molar-refractivity contribution >= 4 is 15.9 Å². The predicted octanol–water partition coefficient (Wildman–Crippen LogP) is 1.71. The maximum atomic E-state index is 12.1. The molecule has 1 amide bonds. The Morgan fingerprint density at radius 1 is 1.12 bits per heavy atom. The molecular weight excluding hydrogens is 328 g/mol. The van der Waals surface area contributed by atoms with Crippen molar-refractivity contribution in [2.75, 3.05) is 20.2 Å². The Morgan fingerprint density at radius 2 is 1.83 bits per heavy atom. The quantitative estimate of drug-likeness (QED) is 0.746. The minimum absolute atomic E-state index is 0.0496. The zero-order chi connectivity index (χ0) is 17.6. The van der Waals surface area contributed by atoms with Crippen molar-refractivity contribution in [1.29, 1.82) is 0 Å². The normalized spacial score (nSPS) is 11.1. The molecule has 128 valence electrons. The van der Waals surface area contributed by atoms with Gasteiger partial charge in [0.2, 0.25) is 10.0 Å². The number of carbonyl (C=O) groups is 1. The maximum Gasteiger partial charge on any atom is 0.251 e. The Labute approximate surface area is 141 Å². The molecule has 0 aliphatic rings. The van der Waals surface area contributed by atoms with Crippen LogP contribution < -0.4 is 14.8 Å². The van der Waals surface area contributed by atoms with E-state index < -0.39 is 10.0 Å².